The lowest BCUT2D eigenvalue weighted by molar-refractivity contribution is -0.132. The summed E-state index contributed by atoms with van der Waals surface area (Å²) in [5.74, 6) is 2.12. The molecule has 2 aromatic rings. The summed E-state index contributed by atoms with van der Waals surface area (Å²) in [7, 11) is 1.77. The molecule has 156 valence electrons. The molecule has 0 spiro atoms. The Morgan fingerprint density at radius 1 is 1.11 bits per heavy atom. The molecule has 0 aliphatic rings. The van der Waals surface area contributed by atoms with Crippen molar-refractivity contribution in [1.29, 1.82) is 0 Å². The maximum Gasteiger partial charge on any atom is 0.260 e. The highest BCUT2D eigenvalue weighted by Crippen LogP contribution is 2.22. The van der Waals surface area contributed by atoms with Crippen molar-refractivity contribution in [1.82, 2.24) is 9.88 Å². The Morgan fingerprint density at radius 3 is 2.32 bits per heavy atom. The monoisotopic (exact) mass is 429 g/mol. The average molecular weight is 430 g/mol. The van der Waals surface area contributed by atoms with E-state index in [0.29, 0.717) is 29.8 Å². The van der Waals surface area contributed by atoms with Gasteiger partial charge in [0.2, 0.25) is 5.88 Å². The highest BCUT2D eigenvalue weighted by Gasteiger charge is 2.13. The molecule has 0 saturated heterocycles. The number of aromatic nitrogens is 1. The molecule has 1 amide bonds. The Kier molecular flexibility index (Phi) is 12.3. The summed E-state index contributed by atoms with van der Waals surface area (Å²) in [6.45, 7) is 4.78. The molecule has 8 heteroatoms. The molecular formula is C20H29Cl2N3O3. The van der Waals surface area contributed by atoms with Gasteiger partial charge in [0.1, 0.15) is 11.5 Å². The second-order valence-electron chi connectivity index (χ2n) is 6.54. The van der Waals surface area contributed by atoms with Crippen LogP contribution in [0.1, 0.15) is 20.3 Å². The SMILES string of the molecule is CC(C)C(N)CCN(C)C(=O)COc1ccc(Oc2ccccn2)cc1.Cl.Cl. The predicted molar refractivity (Wildman–Crippen MR) is 116 cm³/mol. The average Bonchev–Trinajstić information content (AvgIpc) is 2.65. The van der Waals surface area contributed by atoms with Crippen LogP contribution in [0.15, 0.2) is 48.7 Å². The zero-order valence-corrected chi connectivity index (χ0v) is 18.0. The van der Waals surface area contributed by atoms with Gasteiger partial charge in [0, 0.05) is 31.9 Å². The standard InChI is InChI=1S/C20H27N3O3.2ClH/c1-15(2)18(21)11-13-23(3)20(24)14-25-16-7-9-17(10-8-16)26-19-6-4-5-12-22-19;;/h4-10,12,15,18H,11,13-14,21H2,1-3H3;2*1H. The van der Waals surface area contributed by atoms with Gasteiger partial charge in [-0.05, 0) is 42.7 Å². The van der Waals surface area contributed by atoms with Crippen molar-refractivity contribution in [3.8, 4) is 17.4 Å². The molecule has 0 aliphatic carbocycles. The van der Waals surface area contributed by atoms with E-state index in [9.17, 15) is 4.79 Å². The number of pyridine rings is 1. The van der Waals surface area contributed by atoms with Crippen LogP contribution in [-0.4, -0.2) is 42.0 Å². The number of hydrogen-bond acceptors (Lipinski definition) is 5. The lowest BCUT2D eigenvalue weighted by atomic mass is 10.0. The third-order valence-corrected chi connectivity index (χ3v) is 4.13. The molecule has 1 aromatic carbocycles. The van der Waals surface area contributed by atoms with Crippen molar-refractivity contribution >= 4 is 30.7 Å². The quantitative estimate of drug-likeness (QED) is 0.652. The van der Waals surface area contributed by atoms with Gasteiger partial charge in [-0.2, -0.15) is 0 Å². The van der Waals surface area contributed by atoms with Gasteiger partial charge in [0.05, 0.1) is 0 Å². The highest BCUT2D eigenvalue weighted by molar-refractivity contribution is 5.85. The minimum absolute atomic E-state index is 0. The van der Waals surface area contributed by atoms with E-state index in [2.05, 4.69) is 18.8 Å². The normalized spacial score (nSPS) is 11.0. The lowest BCUT2D eigenvalue weighted by Gasteiger charge is -2.21. The number of carbonyl (C=O) groups is 1. The van der Waals surface area contributed by atoms with Crippen LogP contribution in [0.3, 0.4) is 0 Å². The van der Waals surface area contributed by atoms with Gasteiger partial charge in [0.15, 0.2) is 6.61 Å². The largest absolute Gasteiger partial charge is 0.484 e. The van der Waals surface area contributed by atoms with Crippen LogP contribution in [0, 0.1) is 5.92 Å². The second-order valence-corrected chi connectivity index (χ2v) is 6.54. The summed E-state index contributed by atoms with van der Waals surface area (Å²) >= 11 is 0. The van der Waals surface area contributed by atoms with Crippen LogP contribution in [0.2, 0.25) is 0 Å². The fourth-order valence-electron chi connectivity index (χ4n) is 2.19. The van der Waals surface area contributed by atoms with Gasteiger partial charge < -0.3 is 20.1 Å². The minimum Gasteiger partial charge on any atom is -0.484 e. The van der Waals surface area contributed by atoms with Crippen LogP contribution in [0.25, 0.3) is 0 Å². The first kappa shape index (κ1) is 26.0. The Labute approximate surface area is 179 Å². The third kappa shape index (κ3) is 8.78. The Morgan fingerprint density at radius 2 is 1.75 bits per heavy atom. The van der Waals surface area contributed by atoms with Gasteiger partial charge in [-0.25, -0.2) is 4.98 Å². The Hall–Kier alpha value is -2.02. The molecule has 28 heavy (non-hydrogen) atoms. The van der Waals surface area contributed by atoms with Crippen LogP contribution >= 0.6 is 24.8 Å². The Balaban J connectivity index is 0.00000364. The molecular weight excluding hydrogens is 401 g/mol. The first-order chi connectivity index (χ1) is 12.5. The molecule has 2 rings (SSSR count). The summed E-state index contributed by atoms with van der Waals surface area (Å²) in [6, 6.07) is 12.6. The topological polar surface area (TPSA) is 77.7 Å². The van der Waals surface area contributed by atoms with Crippen LogP contribution in [0.4, 0.5) is 0 Å². The number of nitrogens with zero attached hydrogens (tertiary/aromatic N) is 2. The van der Waals surface area contributed by atoms with Crippen molar-refractivity contribution in [3.63, 3.8) is 0 Å². The molecule has 1 unspecified atom stereocenters. The summed E-state index contributed by atoms with van der Waals surface area (Å²) in [5, 5.41) is 0. The highest BCUT2D eigenvalue weighted by atomic mass is 35.5. The molecule has 1 atom stereocenters. The molecule has 1 heterocycles. The number of carbonyl (C=O) groups excluding carboxylic acids is 1. The van der Waals surface area contributed by atoms with E-state index in [-0.39, 0.29) is 43.4 Å². The van der Waals surface area contributed by atoms with Crippen LogP contribution in [-0.2, 0) is 4.79 Å². The number of rotatable bonds is 9. The van der Waals surface area contributed by atoms with Gasteiger partial charge in [0.25, 0.3) is 5.91 Å². The summed E-state index contributed by atoms with van der Waals surface area (Å²) in [6.07, 6.45) is 2.45. The molecule has 0 saturated carbocycles. The van der Waals surface area contributed by atoms with Crippen molar-refractivity contribution in [2.45, 2.75) is 26.3 Å². The number of hydrogen-bond donors (Lipinski definition) is 1. The molecule has 2 N–H and O–H groups in total. The number of ether oxygens (including phenoxy) is 2. The number of halogens is 2. The second kappa shape index (κ2) is 13.2. The maximum absolute atomic E-state index is 12.1. The summed E-state index contributed by atoms with van der Waals surface area (Å²) in [5.41, 5.74) is 6.01. The van der Waals surface area contributed by atoms with Crippen LogP contribution in [0.5, 0.6) is 17.4 Å². The van der Waals surface area contributed by atoms with E-state index in [1.54, 1.807) is 48.5 Å². The fourth-order valence-corrected chi connectivity index (χ4v) is 2.19. The molecule has 0 fully saturated rings. The van der Waals surface area contributed by atoms with Crippen molar-refractivity contribution in [3.05, 3.63) is 48.7 Å². The van der Waals surface area contributed by atoms with E-state index >= 15 is 0 Å². The van der Waals surface area contributed by atoms with E-state index in [1.165, 1.54) is 0 Å². The fraction of sp³-hybridized carbons (Fsp3) is 0.400. The van der Waals surface area contributed by atoms with Crippen LogP contribution < -0.4 is 15.2 Å². The van der Waals surface area contributed by atoms with Crippen molar-refractivity contribution < 1.29 is 14.3 Å². The zero-order valence-electron chi connectivity index (χ0n) is 16.4. The van der Waals surface area contributed by atoms with E-state index in [4.69, 9.17) is 15.2 Å². The Bertz CT molecular complexity index is 685. The van der Waals surface area contributed by atoms with E-state index in [1.807, 2.05) is 12.1 Å². The maximum atomic E-state index is 12.1. The number of likely N-dealkylation sites (N-methyl/N-ethyl adjacent to an activating group) is 1. The smallest absolute Gasteiger partial charge is 0.260 e. The van der Waals surface area contributed by atoms with Gasteiger partial charge >= 0.3 is 0 Å². The third-order valence-electron chi connectivity index (χ3n) is 4.13. The first-order valence-electron chi connectivity index (χ1n) is 8.77. The minimum atomic E-state index is -0.0743. The molecule has 0 bridgehead atoms. The van der Waals surface area contributed by atoms with Gasteiger partial charge in [-0.1, -0.05) is 19.9 Å². The van der Waals surface area contributed by atoms with Crippen molar-refractivity contribution in [2.24, 2.45) is 11.7 Å². The molecule has 1 aromatic heterocycles. The van der Waals surface area contributed by atoms with Gasteiger partial charge in [-0.3, -0.25) is 4.79 Å². The predicted octanol–water partition coefficient (Wildman–Crippen LogP) is 3.93. The molecule has 6 nitrogen and oxygen atoms in total. The summed E-state index contributed by atoms with van der Waals surface area (Å²) in [4.78, 5) is 17.9. The number of amides is 1. The first-order valence-corrected chi connectivity index (χ1v) is 8.77. The zero-order chi connectivity index (χ0) is 18.9. The number of benzene rings is 1. The number of nitrogens with two attached hydrogens (primary N) is 1. The van der Waals surface area contributed by atoms with E-state index in [0.717, 1.165) is 6.42 Å². The van der Waals surface area contributed by atoms with Crippen molar-refractivity contribution in [2.75, 3.05) is 20.2 Å². The van der Waals surface area contributed by atoms with Gasteiger partial charge in [-0.15, -0.1) is 24.8 Å². The van der Waals surface area contributed by atoms with E-state index < -0.39 is 0 Å². The molecule has 0 radical (unpaired) electrons. The molecule has 0 aliphatic heterocycles. The lowest BCUT2D eigenvalue weighted by Crippen LogP contribution is -2.36. The summed E-state index contributed by atoms with van der Waals surface area (Å²) < 4.78 is 11.2.